The summed E-state index contributed by atoms with van der Waals surface area (Å²) in [5, 5.41) is 8.97. The molecule has 0 spiro atoms. The molecule has 60 heavy (non-hydrogen) atoms. The van der Waals surface area contributed by atoms with Crippen LogP contribution in [0.4, 0.5) is 0 Å². The maximum Gasteiger partial charge on any atom is 0.109 e. The van der Waals surface area contributed by atoms with Crippen molar-refractivity contribution in [2.75, 3.05) is 0 Å². The first kappa shape index (κ1) is 33.3. The van der Waals surface area contributed by atoms with Crippen molar-refractivity contribution in [2.45, 2.75) is 0 Å². The quantitative estimate of drug-likeness (QED) is 0.165. The highest BCUT2D eigenvalue weighted by atomic mass is 32.1. The van der Waals surface area contributed by atoms with Crippen LogP contribution in [-0.2, 0) is 0 Å². The minimum absolute atomic E-state index is 1.15. The van der Waals surface area contributed by atoms with Crippen LogP contribution >= 0.6 is 11.3 Å². The van der Waals surface area contributed by atoms with Crippen LogP contribution in [0, 0.1) is 0 Å². The van der Waals surface area contributed by atoms with E-state index in [1.165, 1.54) is 108 Å². The van der Waals surface area contributed by atoms with Crippen molar-refractivity contribution in [1.82, 2.24) is 13.7 Å². The molecule has 0 atom stereocenters. The van der Waals surface area contributed by atoms with Crippen LogP contribution < -0.4 is 0 Å². The highest BCUT2D eigenvalue weighted by Crippen LogP contribution is 2.44. The molecule has 13 rings (SSSR count). The summed E-state index contributed by atoms with van der Waals surface area (Å²) in [6, 6.07) is 77.7. The monoisotopic (exact) mass is 781 g/mol. The molecule has 0 radical (unpaired) electrons. The van der Waals surface area contributed by atoms with Crippen LogP contribution in [0.3, 0.4) is 0 Å². The zero-order valence-corrected chi connectivity index (χ0v) is 33.3. The van der Waals surface area contributed by atoms with Gasteiger partial charge >= 0.3 is 0 Å². The van der Waals surface area contributed by atoms with Gasteiger partial charge in [0.25, 0.3) is 0 Å². The second-order valence-corrected chi connectivity index (χ2v) is 16.8. The maximum absolute atomic E-state index is 2.42. The number of hydrogen-bond acceptors (Lipinski definition) is 1. The van der Waals surface area contributed by atoms with E-state index in [4.69, 9.17) is 0 Å². The number of fused-ring (bicyclic) bond motifs is 11. The Kier molecular flexibility index (Phi) is 7.18. The molecule has 0 saturated heterocycles. The average molecular weight is 782 g/mol. The fourth-order valence-electron chi connectivity index (χ4n) is 9.75. The molecule has 3 nitrogen and oxygen atoms in total. The summed E-state index contributed by atoms with van der Waals surface area (Å²) in [7, 11) is 0. The fraction of sp³-hybridized carbons (Fsp3) is 0. The van der Waals surface area contributed by atoms with E-state index in [2.05, 4.69) is 226 Å². The first-order chi connectivity index (χ1) is 29.8. The molecule has 4 aromatic heterocycles. The van der Waals surface area contributed by atoms with E-state index >= 15 is 0 Å². The third-order valence-electron chi connectivity index (χ3n) is 12.5. The Hall–Kier alpha value is -7.66. The normalized spacial score (nSPS) is 12.0. The van der Waals surface area contributed by atoms with Crippen LogP contribution in [-0.4, -0.2) is 13.7 Å². The maximum atomic E-state index is 2.42. The number of aromatic nitrogens is 3. The van der Waals surface area contributed by atoms with Gasteiger partial charge in [0.2, 0.25) is 0 Å². The highest BCUT2D eigenvalue weighted by Gasteiger charge is 2.19. The molecule has 4 heteroatoms. The molecule has 9 aromatic carbocycles. The van der Waals surface area contributed by atoms with Gasteiger partial charge in [-0.25, -0.2) is 0 Å². The Labute approximate surface area is 349 Å². The second-order valence-electron chi connectivity index (χ2n) is 15.7. The Balaban J connectivity index is 0.893. The van der Waals surface area contributed by atoms with Crippen molar-refractivity contribution in [3.8, 4) is 39.3 Å². The topological polar surface area (TPSA) is 14.8 Å². The van der Waals surface area contributed by atoms with Crippen LogP contribution in [0.15, 0.2) is 212 Å². The van der Waals surface area contributed by atoms with Gasteiger partial charge in [-0.05, 0) is 107 Å². The molecule has 0 bridgehead atoms. The van der Waals surface area contributed by atoms with Gasteiger partial charge < -0.3 is 13.7 Å². The summed E-state index contributed by atoms with van der Waals surface area (Å²) in [5.74, 6) is 0. The van der Waals surface area contributed by atoms with Gasteiger partial charge in [0.05, 0.1) is 27.6 Å². The van der Waals surface area contributed by atoms with Crippen LogP contribution in [0.1, 0.15) is 0 Å². The summed E-state index contributed by atoms with van der Waals surface area (Å²) in [5.41, 5.74) is 14.5. The number of rotatable bonds is 5. The fourth-order valence-corrected chi connectivity index (χ4v) is 11.0. The Morgan fingerprint density at radius 1 is 0.267 bits per heavy atom. The number of thiophene rings is 1. The lowest BCUT2D eigenvalue weighted by molar-refractivity contribution is 1.18. The molecule has 0 saturated carbocycles. The Morgan fingerprint density at radius 3 is 1.27 bits per heavy atom. The average Bonchev–Trinajstić information content (AvgIpc) is 4.05. The Bertz CT molecular complexity index is 3810. The Morgan fingerprint density at radius 2 is 0.683 bits per heavy atom. The van der Waals surface area contributed by atoms with Gasteiger partial charge in [-0.1, -0.05) is 127 Å². The van der Waals surface area contributed by atoms with Crippen molar-refractivity contribution >= 4 is 86.2 Å². The van der Waals surface area contributed by atoms with E-state index in [0.29, 0.717) is 0 Å². The lowest BCUT2D eigenvalue weighted by atomic mass is 10.0. The highest BCUT2D eigenvalue weighted by molar-refractivity contribution is 7.25. The van der Waals surface area contributed by atoms with E-state index in [1.54, 1.807) is 0 Å². The molecule has 0 unspecified atom stereocenters. The minimum atomic E-state index is 1.15. The van der Waals surface area contributed by atoms with E-state index in [-0.39, 0.29) is 0 Å². The summed E-state index contributed by atoms with van der Waals surface area (Å²) in [4.78, 5) is 1.29. The van der Waals surface area contributed by atoms with E-state index in [9.17, 15) is 0 Å². The predicted molar refractivity (Wildman–Crippen MR) is 256 cm³/mol. The molecular weight excluding hydrogens is 747 g/mol. The van der Waals surface area contributed by atoms with Crippen LogP contribution in [0.5, 0.6) is 0 Å². The van der Waals surface area contributed by atoms with Gasteiger partial charge in [0, 0.05) is 59.5 Å². The number of para-hydroxylation sites is 5. The third kappa shape index (κ3) is 4.89. The van der Waals surface area contributed by atoms with Crippen molar-refractivity contribution in [1.29, 1.82) is 0 Å². The number of benzene rings is 9. The van der Waals surface area contributed by atoms with E-state index in [0.717, 1.165) is 5.69 Å². The molecule has 280 valence electrons. The van der Waals surface area contributed by atoms with E-state index < -0.39 is 0 Å². The van der Waals surface area contributed by atoms with Crippen molar-refractivity contribution in [3.05, 3.63) is 212 Å². The summed E-state index contributed by atoms with van der Waals surface area (Å²) in [6.45, 7) is 0. The third-order valence-corrected chi connectivity index (χ3v) is 13.6. The van der Waals surface area contributed by atoms with Gasteiger partial charge in [-0.3, -0.25) is 0 Å². The molecule has 0 aliphatic carbocycles. The lowest BCUT2D eigenvalue weighted by Gasteiger charge is -2.10. The van der Waals surface area contributed by atoms with Crippen LogP contribution in [0.2, 0.25) is 0 Å². The summed E-state index contributed by atoms with van der Waals surface area (Å²) < 4.78 is 8.51. The molecule has 0 aliphatic heterocycles. The molecule has 0 N–H and O–H groups in total. The summed E-state index contributed by atoms with van der Waals surface area (Å²) >= 11 is 1.88. The number of nitrogens with zero attached hydrogens (tertiary/aromatic N) is 3. The van der Waals surface area contributed by atoms with Gasteiger partial charge in [-0.15, -0.1) is 11.3 Å². The minimum Gasteiger partial charge on any atom is -0.309 e. The SMILES string of the molecule is c1ccc(-n2c3ccccc3c3cc(-c4ccc5c(c4)c4ccccc4n5-c4ccc(-c5ccc6c(c5)sc5c6c6ccccc6n5-c5ccccc5)cc4)ccc32)cc1. The molecule has 0 aliphatic rings. The smallest absolute Gasteiger partial charge is 0.109 e. The van der Waals surface area contributed by atoms with Gasteiger partial charge in [0.15, 0.2) is 0 Å². The molecule has 13 aromatic rings. The second kappa shape index (κ2) is 12.9. The zero-order valence-electron chi connectivity index (χ0n) is 32.5. The largest absolute Gasteiger partial charge is 0.309 e. The predicted octanol–water partition coefficient (Wildman–Crippen LogP) is 15.5. The van der Waals surface area contributed by atoms with E-state index in [1.807, 2.05) is 11.3 Å². The number of hydrogen-bond donors (Lipinski definition) is 0. The molecule has 4 heterocycles. The lowest BCUT2D eigenvalue weighted by Crippen LogP contribution is -1.94. The molecule has 0 amide bonds. The first-order valence-electron chi connectivity index (χ1n) is 20.5. The van der Waals surface area contributed by atoms with Crippen LogP contribution in [0.25, 0.3) is 114 Å². The zero-order chi connectivity index (χ0) is 39.3. The van der Waals surface area contributed by atoms with Gasteiger partial charge in [0.1, 0.15) is 4.83 Å². The molecular formula is C56H35N3S. The van der Waals surface area contributed by atoms with Gasteiger partial charge in [-0.2, -0.15) is 0 Å². The summed E-state index contributed by atoms with van der Waals surface area (Å²) in [6.07, 6.45) is 0. The standard InChI is InChI=1S/C56H35N3S/c1-3-13-40(14-4-1)57-49-20-10-7-17-43(49)47-33-37(26-31-52(47)57)38-27-32-53-48(34-38)44-18-8-11-21-50(44)58(53)42-28-23-36(24-29-42)39-25-30-46-54(35-39)60-56-55(46)45-19-9-12-22-51(45)59(56)41-15-5-2-6-16-41/h1-35H. The first-order valence-corrected chi connectivity index (χ1v) is 21.3. The van der Waals surface area contributed by atoms with Crippen molar-refractivity contribution in [3.63, 3.8) is 0 Å². The van der Waals surface area contributed by atoms with Crippen molar-refractivity contribution in [2.24, 2.45) is 0 Å². The molecule has 0 fully saturated rings. The van der Waals surface area contributed by atoms with Crippen molar-refractivity contribution < 1.29 is 0 Å².